The molecule has 8 nitrogen and oxygen atoms in total. The molecule has 4 aromatic rings. The van der Waals surface area contributed by atoms with Gasteiger partial charge in [0.15, 0.2) is 12.1 Å². The predicted octanol–water partition coefficient (Wildman–Crippen LogP) is 6.32. The Bertz CT molecular complexity index is 1810. The second-order valence-corrected chi connectivity index (χ2v) is 10.7. The number of anilines is 1. The summed E-state index contributed by atoms with van der Waals surface area (Å²) in [5, 5.41) is 4.10. The molecule has 1 atom stereocenters. The Balaban J connectivity index is 1.81. The number of aldehydes is 1. The number of nitrogens with zero attached hydrogens (tertiary/aromatic N) is 5. The zero-order valence-corrected chi connectivity index (χ0v) is 25.0. The van der Waals surface area contributed by atoms with E-state index >= 15 is 0 Å². The first-order valence-corrected chi connectivity index (χ1v) is 13.5. The van der Waals surface area contributed by atoms with Gasteiger partial charge in [0, 0.05) is 56.2 Å². The van der Waals surface area contributed by atoms with E-state index in [4.69, 9.17) is 0 Å². The smallest absolute Gasteiger partial charge is 0.378 e. The zero-order valence-electron chi connectivity index (χ0n) is 25.0. The highest BCUT2D eigenvalue weighted by Crippen LogP contribution is 2.38. The van der Waals surface area contributed by atoms with Gasteiger partial charge < -0.3 is 14.8 Å². The van der Waals surface area contributed by atoms with Crippen molar-refractivity contribution >= 4 is 34.2 Å². The number of hydrogen-bond acceptors (Lipinski definition) is 7. The van der Waals surface area contributed by atoms with E-state index in [0.29, 0.717) is 56.7 Å². The monoisotopic (exact) mass is 590 g/mol. The lowest BCUT2D eigenvalue weighted by Crippen LogP contribution is -2.20. The Morgan fingerprint density at radius 2 is 1.72 bits per heavy atom. The summed E-state index contributed by atoms with van der Waals surface area (Å²) in [6.07, 6.45) is 0.809. The molecular formula is C32H33F3N6O2. The van der Waals surface area contributed by atoms with Crippen LogP contribution in [0.5, 0.6) is 0 Å². The highest BCUT2D eigenvalue weighted by atomic mass is 19.4. The van der Waals surface area contributed by atoms with Gasteiger partial charge in [-0.1, -0.05) is 17.7 Å². The third-order valence-corrected chi connectivity index (χ3v) is 7.07. The standard InChI is InChI=1S/C32H33F3N6O2/c1-18-8-9-27(26(12-18)32(33,34)35)39-21(4)23-10-19(2)11-25-24(23)13-28(41(7)31(25)43)22-14-37-30(38-15-22)29(40(5)6)16-36-20(3)17-42/h8-17,21,39H,1-7H3/b29-16-,36-20?/t21-/m1/s1. The molecule has 2 aromatic carbocycles. The third-order valence-electron chi connectivity index (χ3n) is 7.07. The van der Waals surface area contributed by atoms with E-state index in [1.807, 2.05) is 19.1 Å². The van der Waals surface area contributed by atoms with Crippen molar-refractivity contribution in [1.82, 2.24) is 19.4 Å². The number of aliphatic imine (C=N–C) groups is 1. The average molecular weight is 591 g/mol. The highest BCUT2D eigenvalue weighted by molar-refractivity contribution is 6.27. The van der Waals surface area contributed by atoms with Gasteiger partial charge in [0.2, 0.25) is 0 Å². The molecule has 1 N–H and O–H groups in total. The minimum absolute atomic E-state index is 0.0364. The van der Waals surface area contributed by atoms with Crippen LogP contribution in [0.25, 0.3) is 27.7 Å². The van der Waals surface area contributed by atoms with Crippen LogP contribution in [-0.2, 0) is 18.0 Å². The van der Waals surface area contributed by atoms with Gasteiger partial charge in [-0.25, -0.2) is 9.97 Å². The molecule has 0 unspecified atom stereocenters. The van der Waals surface area contributed by atoms with Crippen LogP contribution in [0.2, 0.25) is 0 Å². The Morgan fingerprint density at radius 3 is 2.33 bits per heavy atom. The average Bonchev–Trinajstić information content (AvgIpc) is 2.95. The number of carbonyl (C=O) groups excluding carboxylic acids is 1. The second kappa shape index (κ2) is 12.2. The molecule has 4 rings (SSSR count). The van der Waals surface area contributed by atoms with Gasteiger partial charge in [-0.2, -0.15) is 13.2 Å². The number of fused-ring (bicyclic) bond motifs is 1. The molecule has 0 bridgehead atoms. The lowest BCUT2D eigenvalue weighted by molar-refractivity contribution is -0.137. The molecule has 0 spiro atoms. The summed E-state index contributed by atoms with van der Waals surface area (Å²) in [5.41, 5.74) is 2.94. The van der Waals surface area contributed by atoms with Crippen molar-refractivity contribution in [2.24, 2.45) is 12.0 Å². The van der Waals surface area contributed by atoms with Gasteiger partial charge in [0.25, 0.3) is 5.56 Å². The van der Waals surface area contributed by atoms with E-state index in [1.165, 1.54) is 16.8 Å². The summed E-state index contributed by atoms with van der Waals surface area (Å²) in [7, 11) is 5.25. The molecule has 224 valence electrons. The predicted molar refractivity (Wildman–Crippen MR) is 164 cm³/mol. The fourth-order valence-corrected chi connectivity index (χ4v) is 4.81. The number of aromatic nitrogens is 3. The van der Waals surface area contributed by atoms with Crippen LogP contribution in [0.3, 0.4) is 0 Å². The van der Waals surface area contributed by atoms with E-state index in [1.54, 1.807) is 71.3 Å². The molecule has 0 aliphatic carbocycles. The minimum Gasteiger partial charge on any atom is -0.378 e. The summed E-state index contributed by atoms with van der Waals surface area (Å²) >= 11 is 0. The molecular weight excluding hydrogens is 557 g/mol. The number of pyridine rings is 1. The number of benzene rings is 2. The number of halogens is 3. The first-order valence-electron chi connectivity index (χ1n) is 13.5. The van der Waals surface area contributed by atoms with Crippen molar-refractivity contribution in [3.8, 4) is 11.3 Å². The first kappa shape index (κ1) is 31.1. The molecule has 43 heavy (non-hydrogen) atoms. The summed E-state index contributed by atoms with van der Waals surface area (Å²) in [6.45, 7) is 6.82. The summed E-state index contributed by atoms with van der Waals surface area (Å²) in [5.74, 6) is 0.370. The van der Waals surface area contributed by atoms with Gasteiger partial charge in [0.05, 0.1) is 23.2 Å². The Labute approximate surface area is 247 Å². The lowest BCUT2D eigenvalue weighted by Gasteiger charge is -2.22. The van der Waals surface area contributed by atoms with Crippen LogP contribution in [0.15, 0.2) is 64.8 Å². The summed E-state index contributed by atoms with van der Waals surface area (Å²) in [6, 6.07) is 9.10. The van der Waals surface area contributed by atoms with Gasteiger partial charge >= 0.3 is 6.18 Å². The van der Waals surface area contributed by atoms with E-state index < -0.39 is 17.8 Å². The number of nitrogens with one attached hydrogen (secondary N) is 1. The van der Waals surface area contributed by atoms with Crippen LogP contribution in [-0.4, -0.2) is 45.5 Å². The Kier molecular flexibility index (Phi) is 8.84. The lowest BCUT2D eigenvalue weighted by atomic mass is 9.96. The van der Waals surface area contributed by atoms with Crippen molar-refractivity contribution in [3.63, 3.8) is 0 Å². The molecule has 0 amide bonds. The molecule has 0 saturated carbocycles. The van der Waals surface area contributed by atoms with Crippen LogP contribution in [0.4, 0.5) is 18.9 Å². The first-order chi connectivity index (χ1) is 20.2. The van der Waals surface area contributed by atoms with E-state index in [0.717, 1.165) is 11.6 Å². The quantitative estimate of drug-likeness (QED) is 0.191. The Morgan fingerprint density at radius 1 is 1.05 bits per heavy atom. The highest BCUT2D eigenvalue weighted by Gasteiger charge is 2.34. The SMILES string of the molecule is CC(C=O)=N/C=C(/c1ncc(-c2cc3c([C@@H](C)Nc4ccc(C)cc4C(F)(F)F)cc(C)cc3c(=O)n2C)cn1)N(C)C. The number of alkyl halides is 3. The molecule has 11 heteroatoms. The van der Waals surface area contributed by atoms with E-state index in [9.17, 15) is 22.8 Å². The topological polar surface area (TPSA) is 92.5 Å². The Hall–Kier alpha value is -4.80. The van der Waals surface area contributed by atoms with Gasteiger partial charge in [-0.3, -0.25) is 14.6 Å². The summed E-state index contributed by atoms with van der Waals surface area (Å²) in [4.78, 5) is 39.4. The maximum absolute atomic E-state index is 13.8. The van der Waals surface area contributed by atoms with Crippen LogP contribution >= 0.6 is 0 Å². The molecule has 2 heterocycles. The van der Waals surface area contributed by atoms with Crippen molar-refractivity contribution in [2.75, 3.05) is 19.4 Å². The van der Waals surface area contributed by atoms with E-state index in [-0.39, 0.29) is 11.2 Å². The van der Waals surface area contributed by atoms with Crippen molar-refractivity contribution in [3.05, 3.63) is 93.4 Å². The normalized spacial score (nSPS) is 13.3. The maximum atomic E-state index is 13.8. The molecule has 0 radical (unpaired) electrons. The van der Waals surface area contributed by atoms with Gasteiger partial charge in [-0.15, -0.1) is 0 Å². The number of carbonyl (C=O) groups is 1. The molecule has 0 aliphatic rings. The van der Waals surface area contributed by atoms with Crippen LogP contribution < -0.4 is 10.9 Å². The number of aryl methyl sites for hydroxylation is 2. The van der Waals surface area contributed by atoms with E-state index in [2.05, 4.69) is 20.3 Å². The fourth-order valence-electron chi connectivity index (χ4n) is 4.81. The molecule has 0 aliphatic heterocycles. The largest absolute Gasteiger partial charge is 0.418 e. The van der Waals surface area contributed by atoms with Gasteiger partial charge in [0.1, 0.15) is 5.70 Å². The molecule has 0 fully saturated rings. The number of rotatable bonds is 8. The fraction of sp³-hybridized carbons (Fsp3) is 0.281. The molecule has 2 aromatic heterocycles. The van der Waals surface area contributed by atoms with Crippen LogP contribution in [0, 0.1) is 13.8 Å². The third kappa shape index (κ3) is 6.66. The van der Waals surface area contributed by atoms with Crippen molar-refractivity contribution in [2.45, 2.75) is 39.9 Å². The number of hydrogen-bond donors (Lipinski definition) is 1. The van der Waals surface area contributed by atoms with Crippen LogP contribution in [0.1, 0.15) is 48.0 Å². The summed E-state index contributed by atoms with van der Waals surface area (Å²) < 4.78 is 43.0. The van der Waals surface area contributed by atoms with Crippen molar-refractivity contribution in [1.29, 1.82) is 0 Å². The second-order valence-electron chi connectivity index (χ2n) is 10.7. The van der Waals surface area contributed by atoms with Crippen molar-refractivity contribution < 1.29 is 18.0 Å². The maximum Gasteiger partial charge on any atom is 0.418 e. The zero-order chi connectivity index (χ0) is 31.6. The van der Waals surface area contributed by atoms with Gasteiger partial charge in [-0.05, 0) is 68.5 Å². The minimum atomic E-state index is -4.53. The molecule has 0 saturated heterocycles.